The first-order valence-electron chi connectivity index (χ1n) is 4.40. The molecule has 1 aromatic heterocycles. The van der Waals surface area contributed by atoms with E-state index >= 15 is 0 Å². The molecule has 14 heavy (non-hydrogen) atoms. The lowest BCUT2D eigenvalue weighted by atomic mass is 10.1. The van der Waals surface area contributed by atoms with E-state index in [1.54, 1.807) is 0 Å². The number of nitrogens with zero attached hydrogens (tertiary/aromatic N) is 2. The molecule has 1 heterocycles. The van der Waals surface area contributed by atoms with Crippen molar-refractivity contribution in [2.24, 2.45) is 12.8 Å². The Kier molecular flexibility index (Phi) is 2.90. The van der Waals surface area contributed by atoms with E-state index < -0.39 is 12.0 Å². The third-order valence-electron chi connectivity index (χ3n) is 2.43. The van der Waals surface area contributed by atoms with Crippen LogP contribution in [0.25, 0.3) is 0 Å². The zero-order valence-corrected chi connectivity index (χ0v) is 8.61. The molecule has 78 valence electrons. The minimum absolute atomic E-state index is 0.281. The van der Waals surface area contributed by atoms with E-state index in [0.29, 0.717) is 0 Å². The normalized spacial score (nSPS) is 12.9. The van der Waals surface area contributed by atoms with Crippen molar-refractivity contribution in [2.45, 2.75) is 26.3 Å². The predicted octanol–water partition coefficient (Wildman–Crippen LogP) is -0.00866. The van der Waals surface area contributed by atoms with Gasteiger partial charge in [0.25, 0.3) is 0 Å². The molecule has 0 aliphatic heterocycles. The van der Waals surface area contributed by atoms with Crippen LogP contribution in [0.4, 0.5) is 0 Å². The van der Waals surface area contributed by atoms with E-state index in [2.05, 4.69) is 4.98 Å². The van der Waals surface area contributed by atoms with Gasteiger partial charge in [-0.25, -0.2) is 4.98 Å². The van der Waals surface area contributed by atoms with Gasteiger partial charge in [0.1, 0.15) is 11.9 Å². The molecule has 5 nitrogen and oxygen atoms in total. The molecule has 0 aliphatic rings. The molecule has 1 rings (SSSR count). The fraction of sp³-hybridized carbons (Fsp3) is 0.556. The molecule has 0 aliphatic carbocycles. The monoisotopic (exact) mass is 197 g/mol. The van der Waals surface area contributed by atoms with Gasteiger partial charge in [0, 0.05) is 19.2 Å². The quantitative estimate of drug-likeness (QED) is 0.714. The number of carboxylic acids is 1. The summed E-state index contributed by atoms with van der Waals surface area (Å²) >= 11 is 0. The number of rotatable bonds is 3. The Morgan fingerprint density at radius 3 is 2.57 bits per heavy atom. The lowest BCUT2D eigenvalue weighted by Crippen LogP contribution is -2.32. The molecule has 0 spiro atoms. The summed E-state index contributed by atoms with van der Waals surface area (Å²) in [4.78, 5) is 14.8. The van der Waals surface area contributed by atoms with Crippen molar-refractivity contribution in [3.05, 3.63) is 17.2 Å². The van der Waals surface area contributed by atoms with Crippen LogP contribution in [0, 0.1) is 13.8 Å². The SMILES string of the molecule is Cc1nc(CC(N)C(=O)O)c(C)n1C. The first-order chi connectivity index (χ1) is 6.43. The molecule has 1 unspecified atom stereocenters. The highest BCUT2D eigenvalue weighted by Gasteiger charge is 2.16. The molecule has 0 saturated carbocycles. The molecule has 0 bridgehead atoms. The smallest absolute Gasteiger partial charge is 0.320 e. The van der Waals surface area contributed by atoms with E-state index in [4.69, 9.17) is 10.8 Å². The Hall–Kier alpha value is -1.36. The number of aryl methyl sites for hydroxylation is 1. The molecule has 1 aromatic rings. The maximum Gasteiger partial charge on any atom is 0.320 e. The Balaban J connectivity index is 2.87. The number of carbonyl (C=O) groups is 1. The highest BCUT2D eigenvalue weighted by molar-refractivity contribution is 5.73. The fourth-order valence-electron chi connectivity index (χ4n) is 1.28. The molecule has 0 aromatic carbocycles. The fourth-order valence-corrected chi connectivity index (χ4v) is 1.28. The molecule has 0 radical (unpaired) electrons. The van der Waals surface area contributed by atoms with Crippen LogP contribution >= 0.6 is 0 Å². The first kappa shape index (κ1) is 10.7. The average molecular weight is 197 g/mol. The number of hydrogen-bond donors (Lipinski definition) is 2. The summed E-state index contributed by atoms with van der Waals surface area (Å²) in [7, 11) is 1.90. The lowest BCUT2D eigenvalue weighted by Gasteiger charge is -2.04. The van der Waals surface area contributed by atoms with Gasteiger partial charge in [-0.3, -0.25) is 4.79 Å². The minimum atomic E-state index is -0.993. The van der Waals surface area contributed by atoms with Crippen molar-refractivity contribution >= 4 is 5.97 Å². The molecular formula is C9H15N3O2. The molecule has 0 saturated heterocycles. The second-order valence-corrected chi connectivity index (χ2v) is 3.40. The van der Waals surface area contributed by atoms with Crippen molar-refractivity contribution < 1.29 is 9.90 Å². The summed E-state index contributed by atoms with van der Waals surface area (Å²) in [5.74, 6) is -0.122. The number of imidazole rings is 1. The predicted molar refractivity (Wildman–Crippen MR) is 52.0 cm³/mol. The molecule has 1 atom stereocenters. The van der Waals surface area contributed by atoms with Gasteiger partial charge in [0.15, 0.2) is 0 Å². The molecule has 3 N–H and O–H groups in total. The Morgan fingerprint density at radius 1 is 1.64 bits per heavy atom. The Bertz CT molecular complexity index is 357. The summed E-state index contributed by atoms with van der Waals surface area (Å²) in [6, 6.07) is -0.872. The Labute approximate surface area is 82.6 Å². The number of nitrogens with two attached hydrogens (primary N) is 1. The molecular weight excluding hydrogens is 182 g/mol. The van der Waals surface area contributed by atoms with E-state index in [1.807, 2.05) is 25.5 Å². The summed E-state index contributed by atoms with van der Waals surface area (Å²) in [5.41, 5.74) is 7.16. The van der Waals surface area contributed by atoms with Crippen molar-refractivity contribution in [1.29, 1.82) is 0 Å². The van der Waals surface area contributed by atoms with Crippen LogP contribution in [0.5, 0.6) is 0 Å². The zero-order valence-electron chi connectivity index (χ0n) is 8.61. The van der Waals surface area contributed by atoms with Gasteiger partial charge in [-0.05, 0) is 13.8 Å². The summed E-state index contributed by atoms with van der Waals surface area (Å²) in [6.07, 6.45) is 0.281. The first-order valence-corrected chi connectivity index (χ1v) is 4.40. The highest BCUT2D eigenvalue weighted by atomic mass is 16.4. The Morgan fingerprint density at radius 2 is 2.21 bits per heavy atom. The number of hydrogen-bond acceptors (Lipinski definition) is 3. The summed E-state index contributed by atoms with van der Waals surface area (Å²) in [6.45, 7) is 3.78. The highest BCUT2D eigenvalue weighted by Crippen LogP contribution is 2.10. The topological polar surface area (TPSA) is 81.1 Å². The van der Waals surface area contributed by atoms with Gasteiger partial charge in [-0.15, -0.1) is 0 Å². The minimum Gasteiger partial charge on any atom is -0.480 e. The van der Waals surface area contributed by atoms with Gasteiger partial charge in [-0.1, -0.05) is 0 Å². The van der Waals surface area contributed by atoms with Crippen molar-refractivity contribution in [3.8, 4) is 0 Å². The maximum atomic E-state index is 10.5. The van der Waals surface area contributed by atoms with Crippen molar-refractivity contribution in [3.63, 3.8) is 0 Å². The van der Waals surface area contributed by atoms with E-state index in [9.17, 15) is 4.79 Å². The van der Waals surface area contributed by atoms with Crippen LogP contribution in [0.15, 0.2) is 0 Å². The van der Waals surface area contributed by atoms with Crippen LogP contribution in [-0.4, -0.2) is 26.7 Å². The van der Waals surface area contributed by atoms with E-state index in [-0.39, 0.29) is 6.42 Å². The third kappa shape index (κ3) is 1.93. The van der Waals surface area contributed by atoms with Crippen LogP contribution in [0.1, 0.15) is 17.2 Å². The van der Waals surface area contributed by atoms with Crippen molar-refractivity contribution in [2.75, 3.05) is 0 Å². The van der Waals surface area contributed by atoms with Gasteiger partial charge >= 0.3 is 5.97 Å². The van der Waals surface area contributed by atoms with Gasteiger partial charge in [-0.2, -0.15) is 0 Å². The van der Waals surface area contributed by atoms with Crippen molar-refractivity contribution in [1.82, 2.24) is 9.55 Å². The molecule has 5 heteroatoms. The standard InChI is InChI=1S/C9H15N3O2/c1-5-8(4-7(10)9(13)14)11-6(2)12(5)3/h7H,4,10H2,1-3H3,(H,13,14). The van der Waals surface area contributed by atoms with Crippen LogP contribution in [0.3, 0.4) is 0 Å². The van der Waals surface area contributed by atoms with Crippen LogP contribution in [-0.2, 0) is 18.3 Å². The summed E-state index contributed by atoms with van der Waals surface area (Å²) < 4.78 is 1.92. The summed E-state index contributed by atoms with van der Waals surface area (Å²) in [5, 5.41) is 8.65. The largest absolute Gasteiger partial charge is 0.480 e. The van der Waals surface area contributed by atoms with Crippen LogP contribution < -0.4 is 5.73 Å². The number of aromatic nitrogens is 2. The van der Waals surface area contributed by atoms with Gasteiger partial charge in [0.05, 0.1) is 5.69 Å². The van der Waals surface area contributed by atoms with E-state index in [0.717, 1.165) is 17.2 Å². The van der Waals surface area contributed by atoms with Gasteiger partial charge in [0.2, 0.25) is 0 Å². The number of carboxylic acid groups (broad SMARTS) is 1. The molecule has 0 fully saturated rings. The molecule has 0 amide bonds. The second-order valence-electron chi connectivity index (χ2n) is 3.40. The van der Waals surface area contributed by atoms with E-state index in [1.165, 1.54) is 0 Å². The van der Waals surface area contributed by atoms with Gasteiger partial charge < -0.3 is 15.4 Å². The third-order valence-corrected chi connectivity index (χ3v) is 2.43. The maximum absolute atomic E-state index is 10.5. The lowest BCUT2D eigenvalue weighted by molar-refractivity contribution is -0.138. The number of aliphatic carboxylic acids is 1. The second kappa shape index (κ2) is 3.79. The average Bonchev–Trinajstić information content (AvgIpc) is 2.33. The van der Waals surface area contributed by atoms with Crippen LogP contribution in [0.2, 0.25) is 0 Å². The zero-order chi connectivity index (χ0) is 10.9.